The van der Waals surface area contributed by atoms with Gasteiger partial charge in [-0.05, 0) is 46.1 Å². The largest absolute Gasteiger partial charge is 0.314 e. The third kappa shape index (κ3) is 1.16. The van der Waals surface area contributed by atoms with E-state index in [-0.39, 0.29) is 5.54 Å². The highest BCUT2D eigenvalue weighted by Gasteiger charge is 2.60. The molecule has 0 aromatic rings. The topological polar surface area (TPSA) is 46.2 Å². The van der Waals surface area contributed by atoms with Crippen LogP contribution in [0.3, 0.4) is 0 Å². The standard InChI is InChI=1S/C10H19NO2S/c1-9(2)8(4-7-14(9,12)13)10(11-3)5-6-10/h8,11H,4-7H2,1-3H3. The number of hydrogen-bond donors (Lipinski definition) is 1. The summed E-state index contributed by atoms with van der Waals surface area (Å²) in [5, 5.41) is 3.32. The van der Waals surface area contributed by atoms with Crippen LogP contribution in [0.2, 0.25) is 0 Å². The van der Waals surface area contributed by atoms with Gasteiger partial charge < -0.3 is 5.32 Å². The van der Waals surface area contributed by atoms with Crippen LogP contribution in [0.15, 0.2) is 0 Å². The molecule has 1 heterocycles. The Morgan fingerprint density at radius 3 is 2.14 bits per heavy atom. The molecule has 1 unspecified atom stereocenters. The molecular weight excluding hydrogens is 198 g/mol. The fourth-order valence-corrected chi connectivity index (χ4v) is 4.80. The predicted molar refractivity (Wildman–Crippen MR) is 57.0 cm³/mol. The third-order valence-corrected chi connectivity index (χ3v) is 6.93. The molecule has 4 heteroatoms. The Balaban J connectivity index is 2.33. The molecule has 0 aromatic carbocycles. The van der Waals surface area contributed by atoms with E-state index in [0.29, 0.717) is 11.7 Å². The number of nitrogens with one attached hydrogen (secondary N) is 1. The minimum Gasteiger partial charge on any atom is -0.314 e. The van der Waals surface area contributed by atoms with Gasteiger partial charge in [-0.1, -0.05) is 0 Å². The molecule has 1 aliphatic heterocycles. The summed E-state index contributed by atoms with van der Waals surface area (Å²) >= 11 is 0. The second kappa shape index (κ2) is 2.73. The van der Waals surface area contributed by atoms with Crippen molar-refractivity contribution in [1.29, 1.82) is 0 Å². The van der Waals surface area contributed by atoms with E-state index in [9.17, 15) is 8.42 Å². The SMILES string of the molecule is CNC1(C2CCS(=O)(=O)C2(C)C)CC1. The highest BCUT2D eigenvalue weighted by atomic mass is 32.2. The second-order valence-electron chi connectivity index (χ2n) is 5.17. The Morgan fingerprint density at radius 1 is 1.29 bits per heavy atom. The van der Waals surface area contributed by atoms with Crippen molar-refractivity contribution >= 4 is 9.84 Å². The second-order valence-corrected chi connectivity index (χ2v) is 7.86. The van der Waals surface area contributed by atoms with Crippen LogP contribution in [0.5, 0.6) is 0 Å². The van der Waals surface area contributed by atoms with Gasteiger partial charge in [-0.3, -0.25) is 0 Å². The maximum atomic E-state index is 11.9. The lowest BCUT2D eigenvalue weighted by molar-refractivity contribution is 0.296. The molecule has 14 heavy (non-hydrogen) atoms. The van der Waals surface area contributed by atoms with Gasteiger partial charge in [0.25, 0.3) is 0 Å². The maximum Gasteiger partial charge on any atom is 0.155 e. The smallest absolute Gasteiger partial charge is 0.155 e. The van der Waals surface area contributed by atoms with E-state index in [1.54, 1.807) is 0 Å². The zero-order chi connectivity index (χ0) is 10.6. The van der Waals surface area contributed by atoms with Gasteiger partial charge in [-0.15, -0.1) is 0 Å². The zero-order valence-electron chi connectivity index (χ0n) is 9.13. The molecule has 3 nitrogen and oxygen atoms in total. The van der Waals surface area contributed by atoms with Gasteiger partial charge in [-0.25, -0.2) is 8.42 Å². The quantitative estimate of drug-likeness (QED) is 0.749. The van der Waals surface area contributed by atoms with E-state index >= 15 is 0 Å². The molecular formula is C10H19NO2S. The van der Waals surface area contributed by atoms with E-state index in [1.165, 1.54) is 0 Å². The van der Waals surface area contributed by atoms with Gasteiger partial charge in [0, 0.05) is 5.54 Å². The monoisotopic (exact) mass is 217 g/mol. The van der Waals surface area contributed by atoms with E-state index in [4.69, 9.17) is 0 Å². The summed E-state index contributed by atoms with van der Waals surface area (Å²) in [4.78, 5) is 0. The number of sulfone groups is 1. The Hall–Kier alpha value is -0.0900. The van der Waals surface area contributed by atoms with Crippen molar-refractivity contribution in [2.75, 3.05) is 12.8 Å². The van der Waals surface area contributed by atoms with Crippen molar-refractivity contribution in [2.45, 2.75) is 43.4 Å². The molecule has 1 aliphatic carbocycles. The summed E-state index contributed by atoms with van der Waals surface area (Å²) in [5.74, 6) is 0.665. The van der Waals surface area contributed by atoms with Crippen LogP contribution in [-0.4, -0.2) is 31.5 Å². The average Bonchev–Trinajstić information content (AvgIpc) is 2.80. The minimum atomic E-state index is -2.87. The summed E-state index contributed by atoms with van der Waals surface area (Å²) in [5.41, 5.74) is 0.132. The van der Waals surface area contributed by atoms with E-state index in [0.717, 1.165) is 19.3 Å². The highest BCUT2D eigenvalue weighted by Crippen LogP contribution is 2.53. The molecule has 2 rings (SSSR count). The first kappa shape index (κ1) is 10.4. The van der Waals surface area contributed by atoms with Crippen LogP contribution < -0.4 is 5.32 Å². The Morgan fingerprint density at radius 2 is 1.86 bits per heavy atom. The molecule has 82 valence electrons. The van der Waals surface area contributed by atoms with Crippen molar-refractivity contribution in [3.8, 4) is 0 Å². The molecule has 1 saturated heterocycles. The number of hydrogen-bond acceptors (Lipinski definition) is 3. The lowest BCUT2D eigenvalue weighted by Gasteiger charge is -2.32. The molecule has 1 saturated carbocycles. The van der Waals surface area contributed by atoms with Gasteiger partial charge in [0.05, 0.1) is 10.5 Å². The van der Waals surface area contributed by atoms with Crippen molar-refractivity contribution in [3.63, 3.8) is 0 Å². The molecule has 2 fully saturated rings. The Bertz CT molecular complexity index is 341. The summed E-state index contributed by atoms with van der Waals surface area (Å²) in [7, 11) is -0.915. The molecule has 0 bridgehead atoms. The van der Waals surface area contributed by atoms with Gasteiger partial charge in [-0.2, -0.15) is 0 Å². The predicted octanol–water partition coefficient (Wildman–Crippen LogP) is 0.952. The van der Waals surface area contributed by atoms with Gasteiger partial charge in [0.1, 0.15) is 0 Å². The summed E-state index contributed by atoms with van der Waals surface area (Å²) in [6, 6.07) is 0. The van der Waals surface area contributed by atoms with Crippen molar-refractivity contribution < 1.29 is 8.42 Å². The van der Waals surface area contributed by atoms with Crippen LogP contribution in [-0.2, 0) is 9.84 Å². The van der Waals surface area contributed by atoms with Crippen LogP contribution in [0, 0.1) is 5.92 Å². The fourth-order valence-electron chi connectivity index (χ4n) is 2.95. The van der Waals surface area contributed by atoms with Crippen molar-refractivity contribution in [1.82, 2.24) is 5.32 Å². The van der Waals surface area contributed by atoms with Gasteiger partial charge in [0.2, 0.25) is 0 Å². The van der Waals surface area contributed by atoms with E-state index in [2.05, 4.69) is 5.32 Å². The Labute approximate surface area is 86.2 Å². The first-order valence-electron chi connectivity index (χ1n) is 5.27. The summed E-state index contributed by atoms with van der Waals surface area (Å²) < 4.78 is 23.2. The van der Waals surface area contributed by atoms with Crippen LogP contribution in [0.1, 0.15) is 33.1 Å². The molecule has 0 radical (unpaired) electrons. The van der Waals surface area contributed by atoms with Crippen LogP contribution >= 0.6 is 0 Å². The maximum absolute atomic E-state index is 11.9. The van der Waals surface area contributed by atoms with Crippen molar-refractivity contribution in [3.05, 3.63) is 0 Å². The van der Waals surface area contributed by atoms with Crippen LogP contribution in [0.4, 0.5) is 0 Å². The summed E-state index contributed by atoms with van der Waals surface area (Å²) in [6.07, 6.45) is 3.09. The van der Waals surface area contributed by atoms with Gasteiger partial charge >= 0.3 is 0 Å². The Kier molecular flexibility index (Phi) is 2.03. The lowest BCUT2D eigenvalue weighted by Crippen LogP contribution is -2.46. The average molecular weight is 217 g/mol. The normalized spacial score (nSPS) is 36.9. The molecule has 0 amide bonds. The third-order valence-electron chi connectivity index (χ3n) is 4.27. The lowest BCUT2D eigenvalue weighted by atomic mass is 9.84. The van der Waals surface area contributed by atoms with E-state index < -0.39 is 14.6 Å². The summed E-state index contributed by atoms with van der Waals surface area (Å²) in [6.45, 7) is 3.77. The van der Waals surface area contributed by atoms with Crippen molar-refractivity contribution in [2.24, 2.45) is 5.92 Å². The fraction of sp³-hybridized carbons (Fsp3) is 1.00. The first-order chi connectivity index (χ1) is 6.36. The molecule has 0 spiro atoms. The number of rotatable bonds is 2. The first-order valence-corrected chi connectivity index (χ1v) is 6.92. The van der Waals surface area contributed by atoms with Gasteiger partial charge in [0.15, 0.2) is 9.84 Å². The molecule has 1 N–H and O–H groups in total. The molecule has 0 aromatic heterocycles. The molecule has 2 aliphatic rings. The van der Waals surface area contributed by atoms with E-state index in [1.807, 2.05) is 20.9 Å². The molecule has 1 atom stereocenters. The highest BCUT2D eigenvalue weighted by molar-refractivity contribution is 7.93. The zero-order valence-corrected chi connectivity index (χ0v) is 9.95. The minimum absolute atomic E-state index is 0.132. The van der Waals surface area contributed by atoms with Crippen LogP contribution in [0.25, 0.3) is 0 Å².